The predicted octanol–water partition coefficient (Wildman–Crippen LogP) is 4.99. The molecule has 0 radical (unpaired) electrons. The Labute approximate surface area is 200 Å². The van der Waals surface area contributed by atoms with E-state index in [0.717, 1.165) is 85.1 Å². The van der Waals surface area contributed by atoms with E-state index in [4.69, 9.17) is 9.84 Å². The molecule has 34 heavy (non-hydrogen) atoms. The molecule has 176 valence electrons. The number of ether oxygens (including phenoxy) is 1. The maximum absolute atomic E-state index is 12.1. The number of Topliss-reactive ketones (excluding diaryl/α,β-unsaturated/α-hetero) is 1. The molecular weight excluding hydrogens is 424 g/mol. The summed E-state index contributed by atoms with van der Waals surface area (Å²) in [6.45, 7) is 2.12. The first kappa shape index (κ1) is 21.7. The van der Waals surface area contributed by atoms with Gasteiger partial charge in [0.2, 0.25) is 0 Å². The summed E-state index contributed by atoms with van der Waals surface area (Å²) in [5.74, 6) is 0.258. The molecule has 0 spiro atoms. The molecule has 1 aliphatic heterocycles. The third-order valence-electron chi connectivity index (χ3n) is 7.67. The van der Waals surface area contributed by atoms with Gasteiger partial charge in [-0.1, -0.05) is 18.2 Å². The van der Waals surface area contributed by atoms with Crippen molar-refractivity contribution >= 4 is 5.78 Å². The lowest BCUT2D eigenvalue weighted by Crippen LogP contribution is -2.36. The molecule has 3 aromatic rings. The smallest absolute Gasteiger partial charge is 0.163 e. The normalized spacial score (nSPS) is 23.2. The zero-order valence-corrected chi connectivity index (χ0v) is 19.6. The van der Waals surface area contributed by atoms with E-state index in [1.165, 1.54) is 6.42 Å². The lowest BCUT2D eigenvalue weighted by atomic mass is 9.92. The maximum atomic E-state index is 12.1. The summed E-state index contributed by atoms with van der Waals surface area (Å²) in [5, 5.41) is 8.55. The van der Waals surface area contributed by atoms with E-state index < -0.39 is 0 Å². The standard InChI is InChI=1S/C28H32N4O2/c33-27-7-5-20-16-21(4-6-25(20)27)26-18-32(31-28(26)19-8-12-29-13-9-19)22-2-1-3-24(17-22)34-23-10-14-30-15-11-23/h4,6,8-9,12-13,16,18,22-24,30H,1-3,5,7,10-11,14-15,17H2. The van der Waals surface area contributed by atoms with Crippen molar-refractivity contribution in [2.75, 3.05) is 13.1 Å². The average molecular weight is 457 g/mol. The van der Waals surface area contributed by atoms with Gasteiger partial charge in [0.25, 0.3) is 0 Å². The maximum Gasteiger partial charge on any atom is 0.163 e. The number of fused-ring (bicyclic) bond motifs is 1. The highest BCUT2D eigenvalue weighted by Crippen LogP contribution is 2.37. The van der Waals surface area contributed by atoms with Crippen molar-refractivity contribution in [2.45, 2.75) is 69.6 Å². The zero-order valence-electron chi connectivity index (χ0n) is 19.6. The number of carbonyl (C=O) groups is 1. The van der Waals surface area contributed by atoms with E-state index in [0.29, 0.717) is 24.7 Å². The van der Waals surface area contributed by atoms with E-state index in [2.05, 4.69) is 33.3 Å². The Balaban J connectivity index is 1.31. The summed E-state index contributed by atoms with van der Waals surface area (Å²) >= 11 is 0. The molecule has 2 atom stereocenters. The van der Waals surface area contributed by atoms with Crippen LogP contribution in [-0.2, 0) is 11.2 Å². The summed E-state index contributed by atoms with van der Waals surface area (Å²) in [4.78, 5) is 16.3. The van der Waals surface area contributed by atoms with Crippen LogP contribution in [0.4, 0.5) is 0 Å². The SMILES string of the molecule is O=C1CCc2cc(-c3cn(C4CCCC(OC5CCNCC5)C4)nc3-c3ccncc3)ccc21. The van der Waals surface area contributed by atoms with Gasteiger partial charge in [-0.05, 0) is 81.3 Å². The van der Waals surface area contributed by atoms with Crippen LogP contribution < -0.4 is 5.32 Å². The van der Waals surface area contributed by atoms with Crippen LogP contribution in [0.1, 0.15) is 66.9 Å². The van der Waals surface area contributed by atoms with Gasteiger partial charge in [0.15, 0.2) is 5.78 Å². The average Bonchev–Trinajstić information content (AvgIpc) is 3.49. The summed E-state index contributed by atoms with van der Waals surface area (Å²) in [6.07, 6.45) is 14.7. The van der Waals surface area contributed by atoms with Crippen LogP contribution in [0, 0.1) is 0 Å². The van der Waals surface area contributed by atoms with Crippen LogP contribution in [0.2, 0.25) is 0 Å². The Bertz CT molecular complexity index is 1170. The second-order valence-electron chi connectivity index (χ2n) is 9.93. The number of aryl methyl sites for hydroxylation is 1. The highest BCUT2D eigenvalue weighted by Gasteiger charge is 2.29. The molecule has 0 bridgehead atoms. The third-order valence-corrected chi connectivity index (χ3v) is 7.67. The van der Waals surface area contributed by atoms with Crippen molar-refractivity contribution in [3.8, 4) is 22.4 Å². The van der Waals surface area contributed by atoms with Crippen molar-refractivity contribution in [3.05, 3.63) is 60.0 Å². The first-order valence-corrected chi connectivity index (χ1v) is 12.8. The third kappa shape index (κ3) is 4.32. The molecule has 1 saturated heterocycles. The van der Waals surface area contributed by atoms with Gasteiger partial charge in [-0.15, -0.1) is 0 Å². The molecule has 6 heteroatoms. The van der Waals surface area contributed by atoms with Crippen LogP contribution >= 0.6 is 0 Å². The van der Waals surface area contributed by atoms with Crippen molar-refractivity contribution in [3.63, 3.8) is 0 Å². The van der Waals surface area contributed by atoms with Gasteiger partial charge in [-0.25, -0.2) is 0 Å². The van der Waals surface area contributed by atoms with Gasteiger partial charge in [-0.3, -0.25) is 14.5 Å². The van der Waals surface area contributed by atoms with Gasteiger partial charge < -0.3 is 10.1 Å². The molecule has 1 aromatic carbocycles. The molecular formula is C28H32N4O2. The van der Waals surface area contributed by atoms with E-state index >= 15 is 0 Å². The number of pyridine rings is 1. The largest absolute Gasteiger partial charge is 0.375 e. The second-order valence-corrected chi connectivity index (χ2v) is 9.93. The Morgan fingerprint density at radius 1 is 0.912 bits per heavy atom. The molecule has 6 nitrogen and oxygen atoms in total. The van der Waals surface area contributed by atoms with Crippen molar-refractivity contribution in [1.82, 2.24) is 20.1 Å². The Morgan fingerprint density at radius 2 is 1.76 bits per heavy atom. The highest BCUT2D eigenvalue weighted by molar-refractivity contribution is 6.01. The van der Waals surface area contributed by atoms with Crippen molar-refractivity contribution in [2.24, 2.45) is 0 Å². The number of hydrogen-bond donors (Lipinski definition) is 1. The van der Waals surface area contributed by atoms with Crippen LogP contribution in [0.25, 0.3) is 22.4 Å². The molecule has 2 aliphatic carbocycles. The molecule has 1 N–H and O–H groups in total. The van der Waals surface area contributed by atoms with E-state index in [-0.39, 0.29) is 5.78 Å². The fourth-order valence-corrected chi connectivity index (χ4v) is 5.82. The van der Waals surface area contributed by atoms with Crippen LogP contribution in [0.5, 0.6) is 0 Å². The predicted molar refractivity (Wildman–Crippen MR) is 132 cm³/mol. The first-order valence-electron chi connectivity index (χ1n) is 12.8. The second kappa shape index (κ2) is 9.43. The Kier molecular flexibility index (Phi) is 6.02. The molecule has 3 heterocycles. The van der Waals surface area contributed by atoms with Crippen LogP contribution in [0.15, 0.2) is 48.9 Å². The summed E-state index contributed by atoms with van der Waals surface area (Å²) in [7, 11) is 0. The number of carbonyl (C=O) groups excluding carboxylic acids is 1. The molecule has 2 aromatic heterocycles. The summed E-state index contributed by atoms with van der Waals surface area (Å²) in [5.41, 5.74) is 6.34. The van der Waals surface area contributed by atoms with Crippen molar-refractivity contribution in [1.29, 1.82) is 0 Å². The lowest BCUT2D eigenvalue weighted by Gasteiger charge is -2.33. The van der Waals surface area contributed by atoms with Crippen LogP contribution in [-0.4, -0.2) is 45.8 Å². The monoisotopic (exact) mass is 456 g/mol. The van der Waals surface area contributed by atoms with Gasteiger partial charge in [-0.2, -0.15) is 5.10 Å². The molecule has 2 fully saturated rings. The first-order chi connectivity index (χ1) is 16.7. The summed E-state index contributed by atoms with van der Waals surface area (Å²) in [6, 6.07) is 10.7. The minimum atomic E-state index is 0.258. The topological polar surface area (TPSA) is 69.0 Å². The highest BCUT2D eigenvalue weighted by atomic mass is 16.5. The molecule has 3 aliphatic rings. The Morgan fingerprint density at radius 3 is 2.62 bits per heavy atom. The number of nitrogens with one attached hydrogen (secondary N) is 1. The number of aromatic nitrogens is 3. The van der Waals surface area contributed by atoms with Crippen molar-refractivity contribution < 1.29 is 9.53 Å². The minimum absolute atomic E-state index is 0.258. The number of nitrogens with zero attached hydrogens (tertiary/aromatic N) is 3. The minimum Gasteiger partial charge on any atom is -0.375 e. The van der Waals surface area contributed by atoms with Crippen LogP contribution in [0.3, 0.4) is 0 Å². The fraction of sp³-hybridized carbons (Fsp3) is 0.464. The lowest BCUT2D eigenvalue weighted by molar-refractivity contribution is -0.0509. The van der Waals surface area contributed by atoms with Gasteiger partial charge in [0.1, 0.15) is 5.69 Å². The molecule has 2 unspecified atom stereocenters. The number of ketones is 1. The fourth-order valence-electron chi connectivity index (χ4n) is 5.82. The number of hydrogen-bond acceptors (Lipinski definition) is 5. The van der Waals surface area contributed by atoms with Gasteiger partial charge in [0, 0.05) is 41.7 Å². The van der Waals surface area contributed by atoms with Gasteiger partial charge >= 0.3 is 0 Å². The molecule has 1 saturated carbocycles. The van der Waals surface area contributed by atoms with Gasteiger partial charge in [0.05, 0.1) is 18.2 Å². The molecule has 6 rings (SSSR count). The van der Waals surface area contributed by atoms with E-state index in [1.807, 2.05) is 30.6 Å². The van der Waals surface area contributed by atoms with E-state index in [1.54, 1.807) is 0 Å². The number of rotatable bonds is 5. The zero-order chi connectivity index (χ0) is 22.9. The number of piperidine rings is 1. The number of benzene rings is 1. The Hall–Kier alpha value is -2.83. The summed E-state index contributed by atoms with van der Waals surface area (Å²) < 4.78 is 8.71. The molecule has 0 amide bonds. The van der Waals surface area contributed by atoms with E-state index in [9.17, 15) is 4.79 Å². The quantitative estimate of drug-likeness (QED) is 0.586.